The molecule has 0 fully saturated rings. The molecular weight excluding hydrogens is 381 g/mol. The molecule has 1 amide bonds. The maximum atomic E-state index is 14.2. The molecule has 2 aromatic carbocycles. The van der Waals surface area contributed by atoms with Gasteiger partial charge in [0, 0.05) is 12.1 Å². The molecule has 10 nitrogen and oxygen atoms in total. The number of H-pyrrole nitrogens is 1. The van der Waals surface area contributed by atoms with Crippen LogP contribution in [0.1, 0.15) is 17.3 Å². The highest BCUT2D eigenvalue weighted by Gasteiger charge is 2.14. The van der Waals surface area contributed by atoms with E-state index in [1.807, 2.05) is 0 Å². The van der Waals surface area contributed by atoms with Gasteiger partial charge in [0.1, 0.15) is 12.1 Å². The number of carbonyl (C=O) groups excluding carboxylic acids is 1. The average Bonchev–Trinajstić information content (AvgIpc) is 3.24. The van der Waals surface area contributed by atoms with Crippen molar-refractivity contribution in [2.24, 2.45) is 0 Å². The Hall–Kier alpha value is -4.15. The number of halogens is 1. The first kappa shape index (κ1) is 18.2. The van der Waals surface area contributed by atoms with Gasteiger partial charge in [0.05, 0.1) is 22.3 Å². The fourth-order valence-corrected chi connectivity index (χ4v) is 2.91. The molecule has 0 unspecified atom stereocenters. The number of benzene rings is 2. The van der Waals surface area contributed by atoms with Crippen molar-refractivity contribution in [3.05, 3.63) is 74.9 Å². The molecule has 0 saturated carbocycles. The second kappa shape index (κ2) is 7.11. The Bertz CT molecular complexity index is 1340. The summed E-state index contributed by atoms with van der Waals surface area (Å²) in [6.07, 6.45) is 1.33. The quantitative estimate of drug-likeness (QED) is 0.532. The van der Waals surface area contributed by atoms with Gasteiger partial charge in [0.2, 0.25) is 0 Å². The number of nitrogens with one attached hydrogen (secondary N) is 2. The van der Waals surface area contributed by atoms with Gasteiger partial charge in [-0.2, -0.15) is 0 Å². The van der Waals surface area contributed by atoms with E-state index in [4.69, 9.17) is 0 Å². The minimum atomic E-state index is -0.643. The number of nitrogens with zero attached hydrogens (tertiary/aromatic N) is 5. The van der Waals surface area contributed by atoms with E-state index in [1.165, 1.54) is 47.4 Å². The Balaban J connectivity index is 1.69. The van der Waals surface area contributed by atoms with Gasteiger partial charge in [-0.3, -0.25) is 14.2 Å². The molecule has 0 saturated heterocycles. The molecule has 2 N–H and O–H groups in total. The lowest BCUT2D eigenvalue weighted by atomic mass is 10.1. The van der Waals surface area contributed by atoms with Gasteiger partial charge in [0.15, 0.2) is 0 Å². The smallest absolute Gasteiger partial charge is 0.319 e. The number of carbonyl (C=O) groups is 1. The molecule has 0 atom stereocenters. The number of amides is 1. The Kier molecular flexibility index (Phi) is 4.47. The first-order chi connectivity index (χ1) is 14.0. The van der Waals surface area contributed by atoms with Gasteiger partial charge < -0.3 is 10.3 Å². The topological polar surface area (TPSA) is 128 Å². The van der Waals surface area contributed by atoms with Crippen molar-refractivity contribution in [1.29, 1.82) is 0 Å². The minimum absolute atomic E-state index is 0.0713. The van der Waals surface area contributed by atoms with Crippen LogP contribution in [0.2, 0.25) is 0 Å². The molecular formula is C18H14FN7O3. The number of anilines is 1. The number of rotatable bonds is 4. The summed E-state index contributed by atoms with van der Waals surface area (Å²) < 4.78 is 16.5. The molecule has 4 aromatic rings. The van der Waals surface area contributed by atoms with E-state index in [1.54, 1.807) is 6.92 Å². The van der Waals surface area contributed by atoms with Gasteiger partial charge >= 0.3 is 5.69 Å². The van der Waals surface area contributed by atoms with Crippen LogP contribution in [0, 0.1) is 5.82 Å². The summed E-state index contributed by atoms with van der Waals surface area (Å²) in [7, 11) is 0. The predicted octanol–water partition coefficient (Wildman–Crippen LogP) is 1.08. The lowest BCUT2D eigenvalue weighted by molar-refractivity contribution is 0.102. The maximum absolute atomic E-state index is 14.2. The maximum Gasteiger partial charge on any atom is 0.328 e. The molecule has 0 aliphatic rings. The molecule has 0 bridgehead atoms. The first-order valence-corrected chi connectivity index (χ1v) is 8.59. The first-order valence-electron chi connectivity index (χ1n) is 8.59. The van der Waals surface area contributed by atoms with Crippen LogP contribution >= 0.6 is 0 Å². The number of fused-ring (bicyclic) bond motifs is 1. The molecule has 2 heterocycles. The van der Waals surface area contributed by atoms with Crippen molar-refractivity contribution in [1.82, 2.24) is 29.8 Å². The van der Waals surface area contributed by atoms with Crippen molar-refractivity contribution in [3.8, 4) is 5.69 Å². The molecule has 0 aliphatic carbocycles. The summed E-state index contributed by atoms with van der Waals surface area (Å²) in [5.74, 6) is -1.25. The van der Waals surface area contributed by atoms with Crippen molar-refractivity contribution in [2.45, 2.75) is 13.5 Å². The summed E-state index contributed by atoms with van der Waals surface area (Å²) >= 11 is 0. The highest BCUT2D eigenvalue weighted by molar-refractivity contribution is 6.06. The second-order valence-corrected chi connectivity index (χ2v) is 6.11. The van der Waals surface area contributed by atoms with Crippen molar-refractivity contribution >= 4 is 22.5 Å². The second-order valence-electron chi connectivity index (χ2n) is 6.11. The number of tetrazole rings is 1. The molecule has 11 heteroatoms. The molecule has 146 valence electrons. The third kappa shape index (κ3) is 3.29. The fourth-order valence-electron chi connectivity index (χ4n) is 2.91. The third-order valence-electron chi connectivity index (χ3n) is 4.37. The third-order valence-corrected chi connectivity index (χ3v) is 4.37. The van der Waals surface area contributed by atoms with Crippen LogP contribution in [-0.2, 0) is 6.54 Å². The van der Waals surface area contributed by atoms with Gasteiger partial charge in [0.25, 0.3) is 11.5 Å². The van der Waals surface area contributed by atoms with Crippen LogP contribution in [0.15, 0.2) is 52.3 Å². The standard InChI is InChI=1S/C18H14FN7O3/c1-2-25-17(28)12-5-3-10(7-14(12)22-18(25)29)16(27)21-15-8-11(4-6-13(15)19)26-9-20-23-24-26/h3-9H,2H2,1H3,(H,21,27)(H,22,29). The van der Waals surface area contributed by atoms with Crippen molar-refractivity contribution < 1.29 is 9.18 Å². The molecule has 0 aliphatic heterocycles. The summed E-state index contributed by atoms with van der Waals surface area (Å²) in [6, 6.07) is 8.27. The Morgan fingerprint density at radius 3 is 2.76 bits per heavy atom. The van der Waals surface area contributed by atoms with Crippen LogP contribution in [0.3, 0.4) is 0 Å². The van der Waals surface area contributed by atoms with Gasteiger partial charge in [-0.25, -0.2) is 13.9 Å². The van der Waals surface area contributed by atoms with Crippen LogP contribution < -0.4 is 16.6 Å². The van der Waals surface area contributed by atoms with Crippen LogP contribution in [0.25, 0.3) is 16.6 Å². The lowest BCUT2D eigenvalue weighted by Gasteiger charge is -2.09. The molecule has 0 spiro atoms. The largest absolute Gasteiger partial charge is 0.328 e. The van der Waals surface area contributed by atoms with Crippen molar-refractivity contribution in [2.75, 3.05) is 5.32 Å². The van der Waals surface area contributed by atoms with E-state index in [0.717, 1.165) is 4.57 Å². The minimum Gasteiger partial charge on any atom is -0.319 e. The van der Waals surface area contributed by atoms with Crippen LogP contribution in [-0.4, -0.2) is 35.7 Å². The average molecular weight is 395 g/mol. The zero-order valence-electron chi connectivity index (χ0n) is 15.1. The van der Waals surface area contributed by atoms with E-state index in [2.05, 4.69) is 25.8 Å². The molecule has 2 aromatic heterocycles. The fraction of sp³-hybridized carbons (Fsp3) is 0.111. The monoisotopic (exact) mass is 395 g/mol. The Labute approximate surface area is 161 Å². The zero-order valence-corrected chi connectivity index (χ0v) is 15.1. The normalized spacial score (nSPS) is 11.0. The number of hydrogen-bond acceptors (Lipinski definition) is 6. The Morgan fingerprint density at radius 2 is 2.03 bits per heavy atom. The SMILES string of the molecule is CCn1c(=O)[nH]c2cc(C(=O)Nc3cc(-n4cnnn4)ccc3F)ccc2c1=O. The van der Waals surface area contributed by atoms with E-state index >= 15 is 0 Å². The molecule has 29 heavy (non-hydrogen) atoms. The van der Waals surface area contributed by atoms with E-state index < -0.39 is 23.0 Å². The number of hydrogen-bond donors (Lipinski definition) is 2. The highest BCUT2D eigenvalue weighted by atomic mass is 19.1. The summed E-state index contributed by atoms with van der Waals surface area (Å²) in [5, 5.41) is 13.5. The zero-order chi connectivity index (χ0) is 20.5. The van der Waals surface area contributed by atoms with Crippen LogP contribution in [0.5, 0.6) is 0 Å². The van der Waals surface area contributed by atoms with Gasteiger partial charge in [-0.15, -0.1) is 5.10 Å². The molecule has 0 radical (unpaired) electrons. The summed E-state index contributed by atoms with van der Waals surface area (Å²) in [6.45, 7) is 1.91. The van der Waals surface area contributed by atoms with E-state index in [0.29, 0.717) is 5.69 Å². The van der Waals surface area contributed by atoms with E-state index in [9.17, 15) is 18.8 Å². The predicted molar refractivity (Wildman–Crippen MR) is 102 cm³/mol. The lowest BCUT2D eigenvalue weighted by Crippen LogP contribution is -2.34. The van der Waals surface area contributed by atoms with Gasteiger partial charge in [-0.05, 0) is 53.7 Å². The van der Waals surface area contributed by atoms with Crippen LogP contribution in [0.4, 0.5) is 10.1 Å². The molecule has 4 rings (SSSR count). The van der Waals surface area contributed by atoms with Gasteiger partial charge in [-0.1, -0.05) is 0 Å². The number of aromatic amines is 1. The van der Waals surface area contributed by atoms with Crippen molar-refractivity contribution in [3.63, 3.8) is 0 Å². The Morgan fingerprint density at radius 1 is 1.21 bits per heavy atom. The summed E-state index contributed by atoms with van der Waals surface area (Å²) in [5.41, 5.74) is -0.261. The summed E-state index contributed by atoms with van der Waals surface area (Å²) in [4.78, 5) is 39.5. The number of aromatic nitrogens is 6. The highest BCUT2D eigenvalue weighted by Crippen LogP contribution is 2.20. The van der Waals surface area contributed by atoms with E-state index in [-0.39, 0.29) is 28.7 Å².